The van der Waals surface area contributed by atoms with E-state index in [2.05, 4.69) is 32.4 Å². The van der Waals surface area contributed by atoms with Crippen molar-refractivity contribution in [2.45, 2.75) is 46.1 Å². The van der Waals surface area contributed by atoms with Crippen LogP contribution in [0, 0.1) is 6.92 Å². The quantitative estimate of drug-likeness (QED) is 0.835. The Morgan fingerprint density at radius 3 is 2.95 bits per heavy atom. The van der Waals surface area contributed by atoms with E-state index in [0.29, 0.717) is 17.1 Å². The summed E-state index contributed by atoms with van der Waals surface area (Å²) in [6.45, 7) is 8.10. The van der Waals surface area contributed by atoms with Crippen molar-refractivity contribution in [2.75, 3.05) is 23.3 Å². The van der Waals surface area contributed by atoms with Gasteiger partial charge in [-0.2, -0.15) is 4.98 Å². The van der Waals surface area contributed by atoms with Gasteiger partial charge in [0, 0.05) is 30.9 Å². The second kappa shape index (κ2) is 6.83. The van der Waals surface area contributed by atoms with E-state index in [4.69, 9.17) is 12.2 Å². The van der Waals surface area contributed by atoms with Gasteiger partial charge in [0.2, 0.25) is 5.95 Å². The summed E-state index contributed by atoms with van der Waals surface area (Å²) in [7, 11) is 0. The minimum absolute atomic E-state index is 0.534. The lowest BCUT2D eigenvalue weighted by molar-refractivity contribution is 0.481. The third-order valence-electron chi connectivity index (χ3n) is 3.50. The molecule has 1 aromatic heterocycles. The van der Waals surface area contributed by atoms with Gasteiger partial charge in [0.25, 0.3) is 0 Å². The molecule has 5 nitrogen and oxygen atoms in total. The zero-order valence-corrected chi connectivity index (χ0v) is 13.3. The molecule has 1 fully saturated rings. The molecule has 20 heavy (non-hydrogen) atoms. The summed E-state index contributed by atoms with van der Waals surface area (Å²) >= 11 is 5.19. The van der Waals surface area contributed by atoms with Crippen LogP contribution in [0.5, 0.6) is 0 Å². The monoisotopic (exact) mass is 293 g/mol. The van der Waals surface area contributed by atoms with E-state index in [9.17, 15) is 0 Å². The number of rotatable bonds is 3. The smallest absolute Gasteiger partial charge is 0.231 e. The van der Waals surface area contributed by atoms with Gasteiger partial charge < -0.3 is 15.5 Å². The fourth-order valence-corrected chi connectivity index (χ4v) is 2.74. The Hall–Kier alpha value is -1.43. The van der Waals surface area contributed by atoms with E-state index in [-0.39, 0.29) is 0 Å². The fraction of sp³-hybridized carbons (Fsp3) is 0.643. The van der Waals surface area contributed by atoms with Crippen LogP contribution in [0.2, 0.25) is 0 Å². The lowest BCUT2D eigenvalue weighted by atomic mass is 10.0. The molecule has 0 radical (unpaired) electrons. The standard InChI is InChI=1S/C14H23N5S/c1-4-15-14(20)18-13-16-10(2)9-12(17-13)19-8-6-5-7-11(19)3/h9,11H,4-8H2,1-3H3,(H2,15,16,17,18,20)/t11-/m0/s1. The number of hydrogen-bond acceptors (Lipinski definition) is 4. The highest BCUT2D eigenvalue weighted by Gasteiger charge is 2.20. The number of nitrogens with zero attached hydrogens (tertiary/aromatic N) is 3. The summed E-state index contributed by atoms with van der Waals surface area (Å²) in [5.41, 5.74) is 0.953. The molecular weight excluding hydrogens is 270 g/mol. The number of hydrogen-bond donors (Lipinski definition) is 2. The molecule has 0 aliphatic carbocycles. The molecule has 6 heteroatoms. The lowest BCUT2D eigenvalue weighted by Crippen LogP contribution is -2.38. The van der Waals surface area contributed by atoms with E-state index in [0.717, 1.165) is 24.6 Å². The van der Waals surface area contributed by atoms with Crippen LogP contribution in [-0.4, -0.2) is 34.2 Å². The van der Waals surface area contributed by atoms with Gasteiger partial charge in [-0.05, 0) is 52.3 Å². The summed E-state index contributed by atoms with van der Waals surface area (Å²) in [5.74, 6) is 1.57. The van der Waals surface area contributed by atoms with Crippen molar-refractivity contribution >= 4 is 29.1 Å². The number of anilines is 2. The maximum absolute atomic E-state index is 5.19. The SMILES string of the molecule is CCNC(=S)Nc1nc(C)cc(N2CCCC[C@@H]2C)n1. The Labute approximate surface area is 126 Å². The maximum Gasteiger partial charge on any atom is 0.231 e. The highest BCUT2D eigenvalue weighted by Crippen LogP contribution is 2.24. The van der Waals surface area contributed by atoms with Crippen molar-refractivity contribution in [3.05, 3.63) is 11.8 Å². The van der Waals surface area contributed by atoms with Crippen LogP contribution in [0.25, 0.3) is 0 Å². The van der Waals surface area contributed by atoms with Gasteiger partial charge in [0.15, 0.2) is 5.11 Å². The Morgan fingerprint density at radius 1 is 1.45 bits per heavy atom. The molecule has 0 amide bonds. The average molecular weight is 293 g/mol. The van der Waals surface area contributed by atoms with Crippen LogP contribution < -0.4 is 15.5 Å². The molecule has 0 spiro atoms. The predicted octanol–water partition coefficient (Wildman–Crippen LogP) is 2.47. The van der Waals surface area contributed by atoms with E-state index in [1.807, 2.05) is 19.9 Å². The van der Waals surface area contributed by atoms with Crippen LogP contribution >= 0.6 is 12.2 Å². The number of nitrogens with one attached hydrogen (secondary N) is 2. The molecule has 1 saturated heterocycles. The zero-order valence-electron chi connectivity index (χ0n) is 12.4. The van der Waals surface area contributed by atoms with E-state index in [1.165, 1.54) is 19.3 Å². The van der Waals surface area contributed by atoms with Crippen molar-refractivity contribution < 1.29 is 0 Å². The largest absolute Gasteiger partial charge is 0.363 e. The van der Waals surface area contributed by atoms with Gasteiger partial charge >= 0.3 is 0 Å². The molecule has 1 aliphatic heterocycles. The summed E-state index contributed by atoms with van der Waals surface area (Å²) < 4.78 is 0. The van der Waals surface area contributed by atoms with Crippen LogP contribution in [0.3, 0.4) is 0 Å². The van der Waals surface area contributed by atoms with Gasteiger partial charge in [0.1, 0.15) is 5.82 Å². The van der Waals surface area contributed by atoms with Crippen molar-refractivity contribution in [1.82, 2.24) is 15.3 Å². The molecule has 0 saturated carbocycles. The molecule has 1 aromatic rings. The molecule has 0 aromatic carbocycles. The van der Waals surface area contributed by atoms with Gasteiger partial charge in [-0.3, -0.25) is 0 Å². The highest BCUT2D eigenvalue weighted by molar-refractivity contribution is 7.80. The summed E-state index contributed by atoms with van der Waals surface area (Å²) in [6.07, 6.45) is 3.75. The molecule has 1 aliphatic rings. The summed E-state index contributed by atoms with van der Waals surface area (Å²) in [6, 6.07) is 2.58. The first-order valence-electron chi connectivity index (χ1n) is 7.27. The number of aromatic nitrogens is 2. The highest BCUT2D eigenvalue weighted by atomic mass is 32.1. The molecule has 2 rings (SSSR count). The first-order chi connectivity index (χ1) is 9.60. The van der Waals surface area contributed by atoms with Crippen molar-refractivity contribution in [1.29, 1.82) is 0 Å². The van der Waals surface area contributed by atoms with Crippen LogP contribution in [0.4, 0.5) is 11.8 Å². The Bertz CT molecular complexity index is 477. The molecule has 1 atom stereocenters. The van der Waals surface area contributed by atoms with Crippen LogP contribution in [-0.2, 0) is 0 Å². The van der Waals surface area contributed by atoms with Crippen molar-refractivity contribution in [2.24, 2.45) is 0 Å². The van der Waals surface area contributed by atoms with Gasteiger partial charge in [-0.25, -0.2) is 4.98 Å². The van der Waals surface area contributed by atoms with Gasteiger partial charge in [-0.15, -0.1) is 0 Å². The molecule has 0 unspecified atom stereocenters. The van der Waals surface area contributed by atoms with E-state index >= 15 is 0 Å². The molecule has 2 heterocycles. The number of piperidine rings is 1. The van der Waals surface area contributed by atoms with E-state index < -0.39 is 0 Å². The van der Waals surface area contributed by atoms with Crippen LogP contribution in [0.15, 0.2) is 6.07 Å². The maximum atomic E-state index is 5.19. The number of thiocarbonyl (C=S) groups is 1. The van der Waals surface area contributed by atoms with Crippen molar-refractivity contribution in [3.63, 3.8) is 0 Å². The minimum Gasteiger partial charge on any atom is -0.363 e. The van der Waals surface area contributed by atoms with Gasteiger partial charge in [0.05, 0.1) is 0 Å². The fourth-order valence-electron chi connectivity index (χ4n) is 2.50. The molecule has 110 valence electrons. The number of aryl methyl sites for hydroxylation is 1. The minimum atomic E-state index is 0.534. The second-order valence-corrected chi connectivity index (χ2v) is 5.62. The molecular formula is C14H23N5S. The lowest BCUT2D eigenvalue weighted by Gasteiger charge is -2.34. The zero-order chi connectivity index (χ0) is 14.5. The van der Waals surface area contributed by atoms with Crippen molar-refractivity contribution in [3.8, 4) is 0 Å². The second-order valence-electron chi connectivity index (χ2n) is 5.21. The summed E-state index contributed by atoms with van der Waals surface area (Å²) in [5, 5.41) is 6.66. The Morgan fingerprint density at radius 2 is 2.25 bits per heavy atom. The summed E-state index contributed by atoms with van der Waals surface area (Å²) in [4.78, 5) is 11.4. The average Bonchev–Trinajstić information content (AvgIpc) is 2.38. The Balaban J connectivity index is 2.17. The third kappa shape index (κ3) is 3.79. The predicted molar refractivity (Wildman–Crippen MR) is 87.3 cm³/mol. The van der Waals surface area contributed by atoms with Gasteiger partial charge in [-0.1, -0.05) is 0 Å². The molecule has 2 N–H and O–H groups in total. The first kappa shape index (κ1) is 15.0. The van der Waals surface area contributed by atoms with E-state index in [1.54, 1.807) is 0 Å². The normalized spacial score (nSPS) is 18.8. The first-order valence-corrected chi connectivity index (χ1v) is 7.68. The third-order valence-corrected chi connectivity index (χ3v) is 3.75. The van der Waals surface area contributed by atoms with Crippen LogP contribution in [0.1, 0.15) is 38.8 Å². The Kier molecular flexibility index (Phi) is 5.11. The topological polar surface area (TPSA) is 53.1 Å². The molecule has 0 bridgehead atoms.